The number of benzene rings is 2. The molecule has 1 amide bonds. The van der Waals surface area contributed by atoms with Gasteiger partial charge in [0.05, 0.1) is 0 Å². The lowest BCUT2D eigenvalue weighted by molar-refractivity contribution is -0.122. The van der Waals surface area contributed by atoms with Crippen LogP contribution in [0.4, 0.5) is 0 Å². The first-order chi connectivity index (χ1) is 12.5. The number of thiocarbonyl (C=S) groups is 1. The molecule has 134 valence electrons. The molecule has 1 heterocycles. The summed E-state index contributed by atoms with van der Waals surface area (Å²) in [6.45, 7) is 5.01. The molecule has 1 aliphatic heterocycles. The second-order valence-electron chi connectivity index (χ2n) is 6.23. The van der Waals surface area contributed by atoms with Crippen molar-refractivity contribution in [2.45, 2.75) is 20.5 Å². The lowest BCUT2D eigenvalue weighted by atomic mass is 10.1. The van der Waals surface area contributed by atoms with Crippen LogP contribution in [0, 0.1) is 6.92 Å². The Labute approximate surface area is 159 Å². The smallest absolute Gasteiger partial charge is 0.276 e. The van der Waals surface area contributed by atoms with Crippen molar-refractivity contribution >= 4 is 29.3 Å². The van der Waals surface area contributed by atoms with Crippen LogP contribution in [0.1, 0.15) is 23.6 Å². The van der Waals surface area contributed by atoms with Crippen LogP contribution in [0.3, 0.4) is 0 Å². The van der Waals surface area contributed by atoms with E-state index < -0.39 is 0 Å². The maximum Gasteiger partial charge on any atom is 0.276 e. The molecule has 3 rings (SSSR count). The van der Waals surface area contributed by atoms with Crippen molar-refractivity contribution < 1.29 is 9.53 Å². The van der Waals surface area contributed by atoms with Gasteiger partial charge in [0.2, 0.25) is 0 Å². The zero-order chi connectivity index (χ0) is 18.7. The summed E-state index contributed by atoms with van der Waals surface area (Å²) in [5.74, 6) is 0.663. The van der Waals surface area contributed by atoms with Gasteiger partial charge in [-0.15, -0.1) is 0 Å². The topological polar surface area (TPSA) is 32.8 Å². The van der Waals surface area contributed by atoms with E-state index in [4.69, 9.17) is 17.0 Å². The van der Waals surface area contributed by atoms with Crippen LogP contribution >= 0.6 is 12.2 Å². The van der Waals surface area contributed by atoms with Crippen LogP contribution in [-0.4, -0.2) is 34.4 Å². The number of para-hydroxylation sites is 1. The fourth-order valence-electron chi connectivity index (χ4n) is 2.81. The number of carbonyl (C=O) groups excluding carboxylic acids is 1. The molecule has 0 bridgehead atoms. The summed E-state index contributed by atoms with van der Waals surface area (Å²) in [4.78, 5) is 15.9. The SMILES string of the molecule is CCN1C(=O)C(=Cc2ccccc2OCc2ccc(C)cc2)N(C)C1=S. The Hall–Kier alpha value is -2.66. The molecule has 1 saturated heterocycles. The van der Waals surface area contributed by atoms with Gasteiger partial charge < -0.3 is 9.64 Å². The molecule has 0 atom stereocenters. The number of carbonyl (C=O) groups is 1. The highest BCUT2D eigenvalue weighted by Gasteiger charge is 2.34. The van der Waals surface area contributed by atoms with Gasteiger partial charge in [-0.05, 0) is 43.8 Å². The molecule has 0 aliphatic carbocycles. The van der Waals surface area contributed by atoms with Crippen molar-refractivity contribution in [1.82, 2.24) is 9.80 Å². The molecule has 0 aromatic heterocycles. The van der Waals surface area contributed by atoms with Gasteiger partial charge in [0.15, 0.2) is 5.11 Å². The van der Waals surface area contributed by atoms with E-state index in [1.165, 1.54) is 5.56 Å². The zero-order valence-electron chi connectivity index (χ0n) is 15.2. The maximum absolute atomic E-state index is 12.6. The summed E-state index contributed by atoms with van der Waals surface area (Å²) in [7, 11) is 1.82. The Kier molecular flexibility index (Phi) is 5.38. The quantitative estimate of drug-likeness (QED) is 0.592. The van der Waals surface area contributed by atoms with E-state index >= 15 is 0 Å². The third kappa shape index (κ3) is 3.63. The van der Waals surface area contributed by atoms with Gasteiger partial charge in [-0.25, -0.2) is 0 Å². The van der Waals surface area contributed by atoms with Gasteiger partial charge in [0.25, 0.3) is 5.91 Å². The number of nitrogens with zero attached hydrogens (tertiary/aromatic N) is 2. The first-order valence-electron chi connectivity index (χ1n) is 8.60. The Bertz CT molecular complexity index is 859. The van der Waals surface area contributed by atoms with Crippen LogP contribution < -0.4 is 4.74 Å². The number of rotatable bonds is 5. The van der Waals surface area contributed by atoms with Crippen LogP contribution in [0.15, 0.2) is 54.2 Å². The lowest BCUT2D eigenvalue weighted by Crippen LogP contribution is -2.30. The normalized spacial score (nSPS) is 15.9. The van der Waals surface area contributed by atoms with Gasteiger partial charge in [-0.3, -0.25) is 9.69 Å². The predicted molar refractivity (Wildman–Crippen MR) is 108 cm³/mol. The van der Waals surface area contributed by atoms with Crippen molar-refractivity contribution in [2.75, 3.05) is 13.6 Å². The van der Waals surface area contributed by atoms with E-state index in [9.17, 15) is 4.79 Å². The number of aryl methyl sites for hydroxylation is 1. The van der Waals surface area contributed by atoms with E-state index in [0.29, 0.717) is 24.0 Å². The molecular weight excluding hydrogens is 344 g/mol. The summed E-state index contributed by atoms with van der Waals surface area (Å²) in [6.07, 6.45) is 1.84. The first-order valence-corrected chi connectivity index (χ1v) is 9.00. The Balaban J connectivity index is 1.84. The highest BCUT2D eigenvalue weighted by Crippen LogP contribution is 2.27. The number of amides is 1. The van der Waals surface area contributed by atoms with E-state index in [-0.39, 0.29) is 5.91 Å². The highest BCUT2D eigenvalue weighted by molar-refractivity contribution is 7.80. The second-order valence-corrected chi connectivity index (χ2v) is 6.60. The van der Waals surface area contributed by atoms with Gasteiger partial charge >= 0.3 is 0 Å². The molecule has 1 fully saturated rings. The van der Waals surface area contributed by atoms with Gasteiger partial charge in [0.1, 0.15) is 18.1 Å². The molecule has 26 heavy (non-hydrogen) atoms. The van der Waals surface area contributed by atoms with Gasteiger partial charge in [-0.1, -0.05) is 48.0 Å². The molecular formula is C21H22N2O2S. The lowest BCUT2D eigenvalue weighted by Gasteiger charge is -2.14. The minimum absolute atomic E-state index is 0.0756. The summed E-state index contributed by atoms with van der Waals surface area (Å²) >= 11 is 5.35. The van der Waals surface area contributed by atoms with Crippen LogP contribution in [-0.2, 0) is 11.4 Å². The van der Waals surface area contributed by atoms with Crippen LogP contribution in [0.5, 0.6) is 5.75 Å². The monoisotopic (exact) mass is 366 g/mol. The molecule has 4 nitrogen and oxygen atoms in total. The molecule has 2 aromatic rings. The second kappa shape index (κ2) is 7.70. The summed E-state index contributed by atoms with van der Waals surface area (Å²) in [5, 5.41) is 0.529. The molecule has 0 spiro atoms. The van der Waals surface area contributed by atoms with Gasteiger partial charge in [0, 0.05) is 19.2 Å². The minimum Gasteiger partial charge on any atom is -0.488 e. The number of likely N-dealkylation sites (N-methyl/N-ethyl adjacent to an activating group) is 2. The summed E-state index contributed by atoms with van der Waals surface area (Å²) in [5.41, 5.74) is 3.74. The van der Waals surface area contributed by atoms with E-state index in [1.807, 2.05) is 44.3 Å². The van der Waals surface area contributed by atoms with Crippen molar-refractivity contribution in [2.24, 2.45) is 0 Å². The van der Waals surface area contributed by atoms with Crippen molar-refractivity contribution in [1.29, 1.82) is 0 Å². The molecule has 1 aliphatic rings. The van der Waals surface area contributed by atoms with Gasteiger partial charge in [-0.2, -0.15) is 0 Å². The predicted octanol–water partition coefficient (Wildman–Crippen LogP) is 3.99. The standard InChI is InChI=1S/C21H22N2O2S/c1-4-23-20(24)18(22(3)21(23)26)13-17-7-5-6-8-19(17)25-14-16-11-9-15(2)10-12-16/h5-13H,4,14H2,1-3H3. The van der Waals surface area contributed by atoms with E-state index in [2.05, 4.69) is 31.2 Å². The molecule has 0 saturated carbocycles. The third-order valence-electron chi connectivity index (χ3n) is 4.39. The van der Waals surface area contributed by atoms with Crippen LogP contribution in [0.25, 0.3) is 6.08 Å². The maximum atomic E-state index is 12.6. The molecule has 2 aromatic carbocycles. The van der Waals surface area contributed by atoms with Crippen molar-refractivity contribution in [3.63, 3.8) is 0 Å². The molecule has 0 unspecified atom stereocenters. The Morgan fingerprint density at radius 3 is 2.46 bits per heavy atom. The molecule has 0 radical (unpaired) electrons. The Morgan fingerprint density at radius 2 is 1.81 bits per heavy atom. The largest absolute Gasteiger partial charge is 0.488 e. The third-order valence-corrected chi connectivity index (χ3v) is 4.88. The first kappa shape index (κ1) is 18.1. The average Bonchev–Trinajstić information content (AvgIpc) is 2.85. The van der Waals surface area contributed by atoms with Crippen molar-refractivity contribution in [3.05, 3.63) is 70.9 Å². The number of hydrogen-bond acceptors (Lipinski definition) is 3. The molecule has 5 heteroatoms. The fraction of sp³-hybridized carbons (Fsp3) is 0.238. The molecule has 0 N–H and O–H groups in total. The Morgan fingerprint density at radius 1 is 1.12 bits per heavy atom. The average molecular weight is 366 g/mol. The zero-order valence-corrected chi connectivity index (χ0v) is 16.0. The van der Waals surface area contributed by atoms with E-state index in [0.717, 1.165) is 16.9 Å². The minimum atomic E-state index is -0.0756. The van der Waals surface area contributed by atoms with Crippen LogP contribution in [0.2, 0.25) is 0 Å². The summed E-state index contributed by atoms with van der Waals surface area (Å²) < 4.78 is 6.00. The van der Waals surface area contributed by atoms with E-state index in [1.54, 1.807) is 9.80 Å². The number of ether oxygens (including phenoxy) is 1. The number of hydrogen-bond donors (Lipinski definition) is 0. The summed E-state index contributed by atoms with van der Waals surface area (Å²) in [6, 6.07) is 16.0. The highest BCUT2D eigenvalue weighted by atomic mass is 32.1. The fourth-order valence-corrected chi connectivity index (χ4v) is 3.12. The van der Waals surface area contributed by atoms with Crippen molar-refractivity contribution in [3.8, 4) is 5.75 Å².